The van der Waals surface area contributed by atoms with Crippen molar-refractivity contribution in [3.05, 3.63) is 36.7 Å². The highest BCUT2D eigenvalue weighted by Gasteiger charge is 2.23. The van der Waals surface area contributed by atoms with Crippen molar-refractivity contribution in [3.8, 4) is 17.1 Å². The molecular formula is C17H22N2O3. The molecule has 2 aromatic rings. The molecule has 0 bridgehead atoms. The molecule has 1 saturated carbocycles. The molecule has 118 valence electrons. The summed E-state index contributed by atoms with van der Waals surface area (Å²) in [5, 5.41) is 18.7. The fourth-order valence-corrected chi connectivity index (χ4v) is 3.09. The smallest absolute Gasteiger partial charge is 0.140 e. The molecule has 0 aliphatic heterocycles. The fourth-order valence-electron chi connectivity index (χ4n) is 3.09. The van der Waals surface area contributed by atoms with E-state index in [-0.39, 0.29) is 12.7 Å². The van der Waals surface area contributed by atoms with Gasteiger partial charge in [-0.1, -0.05) is 0 Å². The van der Waals surface area contributed by atoms with Crippen LogP contribution in [0.4, 0.5) is 0 Å². The summed E-state index contributed by atoms with van der Waals surface area (Å²) in [6, 6.07) is 8.04. The van der Waals surface area contributed by atoms with Gasteiger partial charge in [0, 0.05) is 24.0 Å². The van der Waals surface area contributed by atoms with Crippen molar-refractivity contribution >= 4 is 0 Å². The lowest BCUT2D eigenvalue weighted by molar-refractivity contribution is 0.104. The van der Waals surface area contributed by atoms with Gasteiger partial charge in [-0.25, -0.2) is 4.98 Å². The first-order valence-electron chi connectivity index (χ1n) is 7.83. The molecule has 0 spiro atoms. The number of aromatic nitrogens is 2. The summed E-state index contributed by atoms with van der Waals surface area (Å²) < 4.78 is 7.55. The molecule has 3 rings (SSSR count). The predicted molar refractivity (Wildman–Crippen MR) is 83.8 cm³/mol. The van der Waals surface area contributed by atoms with Gasteiger partial charge in [-0.2, -0.15) is 0 Å². The summed E-state index contributed by atoms with van der Waals surface area (Å²) in [6.07, 6.45) is 7.43. The van der Waals surface area contributed by atoms with Crippen LogP contribution in [0.3, 0.4) is 0 Å². The second kappa shape index (κ2) is 6.94. The van der Waals surface area contributed by atoms with Crippen LogP contribution in [0.25, 0.3) is 11.4 Å². The Morgan fingerprint density at radius 2 is 2.05 bits per heavy atom. The molecule has 1 heterocycles. The quantitative estimate of drug-likeness (QED) is 0.890. The molecule has 1 aromatic carbocycles. The van der Waals surface area contributed by atoms with Crippen LogP contribution in [0.5, 0.6) is 5.75 Å². The number of benzene rings is 1. The first kappa shape index (κ1) is 15.1. The van der Waals surface area contributed by atoms with E-state index in [4.69, 9.17) is 9.84 Å². The third-order valence-corrected chi connectivity index (χ3v) is 4.15. The van der Waals surface area contributed by atoms with Crippen molar-refractivity contribution in [2.24, 2.45) is 0 Å². The van der Waals surface area contributed by atoms with E-state index in [1.54, 1.807) is 0 Å². The highest BCUT2D eigenvalue weighted by Crippen LogP contribution is 2.32. The lowest BCUT2D eigenvalue weighted by Crippen LogP contribution is -2.22. The Bertz CT molecular complexity index is 594. The average molecular weight is 302 g/mol. The van der Waals surface area contributed by atoms with Crippen molar-refractivity contribution in [3.63, 3.8) is 0 Å². The number of aliphatic hydroxyl groups excluding tert-OH is 2. The van der Waals surface area contributed by atoms with Gasteiger partial charge in [-0.15, -0.1) is 0 Å². The number of aliphatic hydroxyl groups is 2. The Morgan fingerprint density at radius 1 is 1.23 bits per heavy atom. The van der Waals surface area contributed by atoms with Crippen molar-refractivity contribution in [2.75, 3.05) is 13.2 Å². The van der Waals surface area contributed by atoms with Crippen LogP contribution in [-0.2, 0) is 0 Å². The largest absolute Gasteiger partial charge is 0.491 e. The third kappa shape index (κ3) is 3.31. The van der Waals surface area contributed by atoms with E-state index in [0.29, 0.717) is 12.6 Å². The lowest BCUT2D eigenvalue weighted by Gasteiger charge is -2.28. The summed E-state index contributed by atoms with van der Waals surface area (Å²) >= 11 is 0. The monoisotopic (exact) mass is 302 g/mol. The van der Waals surface area contributed by atoms with Gasteiger partial charge >= 0.3 is 0 Å². The number of hydrogen-bond acceptors (Lipinski definition) is 4. The minimum Gasteiger partial charge on any atom is -0.491 e. The molecule has 2 N–H and O–H groups in total. The maximum Gasteiger partial charge on any atom is 0.140 e. The molecule has 1 aliphatic carbocycles. The molecular weight excluding hydrogens is 280 g/mol. The second-order valence-corrected chi connectivity index (χ2v) is 5.73. The van der Waals surface area contributed by atoms with Crippen LogP contribution in [0, 0.1) is 0 Å². The van der Waals surface area contributed by atoms with E-state index in [9.17, 15) is 5.11 Å². The Labute approximate surface area is 130 Å². The Morgan fingerprint density at radius 3 is 2.77 bits per heavy atom. The first-order chi connectivity index (χ1) is 10.8. The van der Waals surface area contributed by atoms with Gasteiger partial charge in [-0.3, -0.25) is 0 Å². The molecule has 5 heteroatoms. The van der Waals surface area contributed by atoms with Gasteiger partial charge in [0.15, 0.2) is 0 Å². The lowest BCUT2D eigenvalue weighted by atomic mass is 9.92. The summed E-state index contributed by atoms with van der Waals surface area (Å²) in [7, 11) is 0. The Kier molecular flexibility index (Phi) is 4.75. The maximum atomic E-state index is 9.89. The molecule has 0 saturated heterocycles. The fraction of sp³-hybridized carbons (Fsp3) is 0.471. The standard InChI is InChI=1S/C17H22N2O3/c20-10-11-22-16-6-4-13(5-7-16)17-18-8-9-19(17)14-2-1-3-15(21)12-14/h4-9,14-15,20-21H,1-3,10-12H2/t14-,15-/m1/s1. The Balaban J connectivity index is 1.79. The van der Waals surface area contributed by atoms with Crippen LogP contribution in [0.2, 0.25) is 0 Å². The summed E-state index contributed by atoms with van der Waals surface area (Å²) in [6.45, 7) is 0.310. The first-order valence-corrected chi connectivity index (χ1v) is 7.83. The third-order valence-electron chi connectivity index (χ3n) is 4.15. The maximum absolute atomic E-state index is 9.89. The molecule has 0 radical (unpaired) electrons. The van der Waals surface area contributed by atoms with Crippen LogP contribution in [-0.4, -0.2) is 39.1 Å². The van der Waals surface area contributed by atoms with Crippen LogP contribution in [0.1, 0.15) is 31.7 Å². The summed E-state index contributed by atoms with van der Waals surface area (Å²) in [4.78, 5) is 4.48. The molecule has 5 nitrogen and oxygen atoms in total. The van der Waals surface area contributed by atoms with Crippen molar-refractivity contribution < 1.29 is 14.9 Å². The van der Waals surface area contributed by atoms with Gasteiger partial charge in [-0.05, 0) is 49.9 Å². The molecule has 0 unspecified atom stereocenters. The van der Waals surface area contributed by atoms with Crippen molar-refractivity contribution in [2.45, 2.75) is 37.8 Å². The van der Waals surface area contributed by atoms with Gasteiger partial charge < -0.3 is 19.5 Å². The molecule has 1 aromatic heterocycles. The molecule has 0 amide bonds. The van der Waals surface area contributed by atoms with Gasteiger partial charge in [0.25, 0.3) is 0 Å². The number of nitrogens with zero attached hydrogens (tertiary/aromatic N) is 2. The van der Waals surface area contributed by atoms with Crippen molar-refractivity contribution in [1.82, 2.24) is 9.55 Å². The van der Waals surface area contributed by atoms with E-state index in [2.05, 4.69) is 9.55 Å². The topological polar surface area (TPSA) is 67.5 Å². The number of rotatable bonds is 5. The zero-order chi connectivity index (χ0) is 15.4. The predicted octanol–water partition coefficient (Wildman–Crippen LogP) is 2.40. The molecule has 1 fully saturated rings. The van der Waals surface area contributed by atoms with E-state index in [1.165, 1.54) is 0 Å². The molecule has 22 heavy (non-hydrogen) atoms. The van der Waals surface area contributed by atoms with Crippen LogP contribution in [0.15, 0.2) is 36.7 Å². The van der Waals surface area contributed by atoms with Gasteiger partial charge in [0.2, 0.25) is 0 Å². The zero-order valence-electron chi connectivity index (χ0n) is 12.6. The van der Waals surface area contributed by atoms with E-state index < -0.39 is 0 Å². The van der Waals surface area contributed by atoms with E-state index in [1.807, 2.05) is 36.7 Å². The highest BCUT2D eigenvalue weighted by molar-refractivity contribution is 5.57. The second-order valence-electron chi connectivity index (χ2n) is 5.73. The SMILES string of the molecule is OCCOc1ccc(-c2nccn2[C@@H]2CCC[C@@H](O)C2)cc1. The Hall–Kier alpha value is -1.85. The van der Waals surface area contributed by atoms with Gasteiger partial charge in [0.1, 0.15) is 18.2 Å². The van der Waals surface area contributed by atoms with Crippen LogP contribution >= 0.6 is 0 Å². The average Bonchev–Trinajstić information content (AvgIpc) is 3.03. The normalized spacial score (nSPS) is 21.7. The minimum absolute atomic E-state index is 0.0101. The summed E-state index contributed by atoms with van der Waals surface area (Å²) in [5.74, 6) is 1.66. The zero-order valence-corrected chi connectivity index (χ0v) is 12.6. The van der Waals surface area contributed by atoms with Crippen molar-refractivity contribution in [1.29, 1.82) is 0 Å². The minimum atomic E-state index is -0.205. The highest BCUT2D eigenvalue weighted by atomic mass is 16.5. The molecule has 1 aliphatic rings. The van der Waals surface area contributed by atoms with Crippen LogP contribution < -0.4 is 4.74 Å². The number of hydrogen-bond donors (Lipinski definition) is 2. The van der Waals surface area contributed by atoms with E-state index >= 15 is 0 Å². The molecule has 2 atom stereocenters. The number of imidazole rings is 1. The van der Waals surface area contributed by atoms with Gasteiger partial charge in [0.05, 0.1) is 12.7 Å². The number of ether oxygens (including phenoxy) is 1. The van der Waals surface area contributed by atoms with E-state index in [0.717, 1.165) is 42.8 Å². The summed E-state index contributed by atoms with van der Waals surface area (Å²) in [5.41, 5.74) is 1.03.